The molecule has 0 saturated heterocycles. The minimum Gasteiger partial charge on any atom is -0.444 e. The van der Waals surface area contributed by atoms with Crippen LogP contribution >= 0.6 is 0 Å². The first-order valence-corrected chi connectivity index (χ1v) is 13.4. The number of alkyl carbamates (subject to hydrolysis) is 1. The van der Waals surface area contributed by atoms with Crippen LogP contribution in [-0.4, -0.2) is 48.4 Å². The van der Waals surface area contributed by atoms with Crippen molar-refractivity contribution in [1.29, 1.82) is 0 Å². The largest absolute Gasteiger partial charge is 0.444 e. The number of carbonyl (C=O) groups is 3. The Balaban J connectivity index is 1.79. The lowest BCUT2D eigenvalue weighted by Crippen LogP contribution is -2.45. The molecule has 1 fully saturated rings. The van der Waals surface area contributed by atoms with E-state index in [-0.39, 0.29) is 24.0 Å². The number of nitrogens with one attached hydrogen (secondary N) is 1. The summed E-state index contributed by atoms with van der Waals surface area (Å²) in [7, 11) is 1.66. The lowest BCUT2D eigenvalue weighted by atomic mass is 9.80. The summed E-state index contributed by atoms with van der Waals surface area (Å²) in [5, 5.41) is 2.81. The van der Waals surface area contributed by atoms with Gasteiger partial charge in [0.25, 0.3) is 5.91 Å². The SMILES string of the molecule is CN1C(=O)C(N)N=C(C2CCCCC2)c2c(C(=O)[C@@H](Cc3ccccc3)NC(=O)OC(C)(C)C)cccc21. The van der Waals surface area contributed by atoms with E-state index in [4.69, 9.17) is 15.5 Å². The van der Waals surface area contributed by atoms with E-state index < -0.39 is 23.9 Å². The van der Waals surface area contributed by atoms with Crippen LogP contribution in [-0.2, 0) is 16.0 Å². The normalized spacial score (nSPS) is 19.2. The van der Waals surface area contributed by atoms with E-state index in [0.29, 0.717) is 22.5 Å². The third-order valence-corrected chi connectivity index (χ3v) is 7.07. The Bertz CT molecular complexity index is 1210. The van der Waals surface area contributed by atoms with Gasteiger partial charge in [-0.25, -0.2) is 4.79 Å². The minimum atomic E-state index is -1.03. The zero-order valence-electron chi connectivity index (χ0n) is 22.7. The predicted molar refractivity (Wildman–Crippen MR) is 149 cm³/mol. The second-order valence-corrected chi connectivity index (χ2v) is 11.1. The van der Waals surface area contributed by atoms with E-state index in [0.717, 1.165) is 37.7 Å². The van der Waals surface area contributed by atoms with Crippen LogP contribution < -0.4 is 16.0 Å². The molecule has 0 spiro atoms. The molecule has 202 valence electrons. The molecule has 2 aromatic rings. The number of nitrogens with zero attached hydrogens (tertiary/aromatic N) is 2. The summed E-state index contributed by atoms with van der Waals surface area (Å²) in [5.41, 5.74) is 8.78. The lowest BCUT2D eigenvalue weighted by molar-refractivity contribution is -0.119. The summed E-state index contributed by atoms with van der Waals surface area (Å²) >= 11 is 0. The molecular weight excluding hydrogens is 480 g/mol. The first kappa shape index (κ1) is 27.5. The molecule has 1 aliphatic carbocycles. The third-order valence-electron chi connectivity index (χ3n) is 7.07. The second-order valence-electron chi connectivity index (χ2n) is 11.1. The molecule has 38 heavy (non-hydrogen) atoms. The number of carbonyl (C=O) groups excluding carboxylic acids is 3. The average molecular weight is 519 g/mol. The number of hydrogen-bond donors (Lipinski definition) is 2. The number of ketones is 1. The van der Waals surface area contributed by atoms with Crippen molar-refractivity contribution in [2.45, 2.75) is 77.1 Å². The number of rotatable bonds is 6. The van der Waals surface area contributed by atoms with E-state index >= 15 is 0 Å². The van der Waals surface area contributed by atoms with Crippen LogP contribution in [0.1, 0.15) is 74.4 Å². The van der Waals surface area contributed by atoms with Gasteiger partial charge in [0.15, 0.2) is 11.9 Å². The predicted octanol–water partition coefficient (Wildman–Crippen LogP) is 4.64. The van der Waals surface area contributed by atoms with Crippen LogP contribution in [0.25, 0.3) is 0 Å². The molecule has 8 nitrogen and oxygen atoms in total. The fourth-order valence-electron chi connectivity index (χ4n) is 5.26. The zero-order chi connectivity index (χ0) is 27.4. The highest BCUT2D eigenvalue weighted by Gasteiger charge is 2.36. The Morgan fingerprint density at radius 3 is 2.42 bits per heavy atom. The summed E-state index contributed by atoms with van der Waals surface area (Å²) in [5.74, 6) is -0.487. The van der Waals surface area contributed by atoms with Crippen molar-refractivity contribution in [1.82, 2.24) is 5.32 Å². The van der Waals surface area contributed by atoms with E-state index in [9.17, 15) is 14.4 Å². The number of Topliss-reactive ketones (excluding diaryl/α,β-unsaturated/α-hetero) is 1. The summed E-state index contributed by atoms with van der Waals surface area (Å²) in [6.07, 6.45) is 3.71. The number of ether oxygens (including phenoxy) is 1. The van der Waals surface area contributed by atoms with Gasteiger partial charge in [0, 0.05) is 30.5 Å². The van der Waals surface area contributed by atoms with Crippen molar-refractivity contribution in [3.8, 4) is 0 Å². The van der Waals surface area contributed by atoms with Crippen molar-refractivity contribution >= 4 is 29.2 Å². The summed E-state index contributed by atoms with van der Waals surface area (Å²) in [6, 6.07) is 14.0. The Morgan fingerprint density at radius 2 is 1.76 bits per heavy atom. The number of aliphatic imine (C=N–C) groups is 1. The number of anilines is 1. The molecule has 1 heterocycles. The van der Waals surface area contributed by atoms with Gasteiger partial charge >= 0.3 is 6.09 Å². The Labute approximate surface area is 224 Å². The first-order valence-electron chi connectivity index (χ1n) is 13.4. The summed E-state index contributed by atoms with van der Waals surface area (Å²) in [6.45, 7) is 5.34. The highest BCUT2D eigenvalue weighted by molar-refractivity contribution is 6.20. The van der Waals surface area contributed by atoms with E-state index in [1.54, 1.807) is 40.0 Å². The average Bonchev–Trinajstić information content (AvgIpc) is 2.98. The first-order chi connectivity index (χ1) is 18.0. The van der Waals surface area contributed by atoms with Crippen molar-refractivity contribution in [3.63, 3.8) is 0 Å². The highest BCUT2D eigenvalue weighted by Crippen LogP contribution is 2.35. The van der Waals surface area contributed by atoms with E-state index in [2.05, 4.69) is 5.32 Å². The molecule has 2 aromatic carbocycles. The topological polar surface area (TPSA) is 114 Å². The van der Waals surface area contributed by atoms with Crippen LogP contribution in [0.4, 0.5) is 10.5 Å². The van der Waals surface area contributed by atoms with Gasteiger partial charge in [-0.1, -0.05) is 61.7 Å². The maximum Gasteiger partial charge on any atom is 0.408 e. The van der Waals surface area contributed by atoms with Crippen LogP contribution in [0.2, 0.25) is 0 Å². The molecule has 0 aromatic heterocycles. The molecule has 0 bridgehead atoms. The number of amides is 2. The number of nitrogens with two attached hydrogens (primary N) is 1. The number of benzodiazepines with no additional fused rings is 1. The summed E-state index contributed by atoms with van der Waals surface area (Å²) in [4.78, 5) is 46.3. The molecule has 0 radical (unpaired) electrons. The molecule has 8 heteroatoms. The maximum atomic E-state index is 14.3. The highest BCUT2D eigenvalue weighted by atomic mass is 16.6. The van der Waals surface area contributed by atoms with Gasteiger partial charge < -0.3 is 20.7 Å². The van der Waals surface area contributed by atoms with Crippen molar-refractivity contribution in [2.75, 3.05) is 11.9 Å². The van der Waals surface area contributed by atoms with E-state index in [1.807, 2.05) is 36.4 Å². The van der Waals surface area contributed by atoms with Crippen LogP contribution in [0, 0.1) is 5.92 Å². The van der Waals surface area contributed by atoms with Gasteiger partial charge in [-0.05, 0) is 45.2 Å². The number of likely N-dealkylation sites (N-methyl/N-ethyl adjacent to an activating group) is 1. The van der Waals surface area contributed by atoms with E-state index in [1.165, 1.54) is 4.90 Å². The maximum absolute atomic E-state index is 14.3. The molecule has 2 atom stereocenters. The third kappa shape index (κ3) is 6.30. The second kappa shape index (κ2) is 11.5. The molecule has 4 rings (SSSR count). The molecule has 2 aliphatic rings. The quantitative estimate of drug-likeness (QED) is 0.541. The fraction of sp³-hybridized carbons (Fsp3) is 0.467. The molecular formula is C30H38N4O4. The van der Waals surface area contributed by atoms with Crippen molar-refractivity contribution in [2.24, 2.45) is 16.6 Å². The van der Waals surface area contributed by atoms with Gasteiger partial charge in [-0.15, -0.1) is 0 Å². The van der Waals surface area contributed by atoms with Gasteiger partial charge in [0.05, 0.1) is 17.4 Å². The molecule has 1 saturated carbocycles. The summed E-state index contributed by atoms with van der Waals surface area (Å²) < 4.78 is 5.49. The molecule has 1 aliphatic heterocycles. The van der Waals surface area contributed by atoms with Gasteiger partial charge in [0.1, 0.15) is 5.60 Å². The van der Waals surface area contributed by atoms with Gasteiger partial charge in [0.2, 0.25) is 0 Å². The lowest BCUT2D eigenvalue weighted by Gasteiger charge is -2.28. The Morgan fingerprint density at radius 1 is 1.08 bits per heavy atom. The molecule has 3 N–H and O–H groups in total. The minimum absolute atomic E-state index is 0.105. The Kier molecular flexibility index (Phi) is 8.31. The van der Waals surface area contributed by atoms with Gasteiger partial charge in [-0.3, -0.25) is 14.6 Å². The van der Waals surface area contributed by atoms with Crippen LogP contribution in [0.3, 0.4) is 0 Å². The van der Waals surface area contributed by atoms with Crippen LogP contribution in [0.5, 0.6) is 0 Å². The number of benzene rings is 2. The number of fused-ring (bicyclic) bond motifs is 1. The van der Waals surface area contributed by atoms with Crippen molar-refractivity contribution < 1.29 is 19.1 Å². The van der Waals surface area contributed by atoms with Gasteiger partial charge in [-0.2, -0.15) is 0 Å². The molecule has 1 unspecified atom stereocenters. The monoisotopic (exact) mass is 518 g/mol. The van der Waals surface area contributed by atoms with Crippen LogP contribution in [0.15, 0.2) is 53.5 Å². The van der Waals surface area contributed by atoms with Crippen molar-refractivity contribution in [3.05, 3.63) is 65.2 Å². The fourth-order valence-corrected chi connectivity index (χ4v) is 5.26. The Hall–Kier alpha value is -3.52. The number of hydrogen-bond acceptors (Lipinski definition) is 6. The smallest absolute Gasteiger partial charge is 0.408 e. The zero-order valence-corrected chi connectivity index (χ0v) is 22.7. The standard InChI is InChI=1S/C30H38N4O4/c1-30(2,3)38-29(37)32-22(18-19-12-7-5-8-13-19)26(35)21-16-11-17-23-24(21)25(20-14-9-6-10-15-20)33-27(31)28(36)34(23)4/h5,7-8,11-13,16-17,20,22,27H,6,9-10,14-15,18,31H2,1-4H3,(H,32,37)/t22-,27?/m1/s1. The molecule has 2 amide bonds.